The Hall–Kier alpha value is -2.50. The molecule has 0 aliphatic rings. The van der Waals surface area contributed by atoms with Gasteiger partial charge in [-0.05, 0) is 31.2 Å². The smallest absolute Gasteiger partial charge is 0.352 e. The zero-order chi connectivity index (χ0) is 13.3. The molecule has 0 aliphatic heterocycles. The van der Waals surface area contributed by atoms with Gasteiger partial charge in [-0.1, -0.05) is 0 Å². The molecule has 0 fully saturated rings. The van der Waals surface area contributed by atoms with Crippen LogP contribution in [0.4, 0.5) is 4.39 Å². The summed E-state index contributed by atoms with van der Waals surface area (Å²) < 4.78 is 12.8. The fourth-order valence-electron chi connectivity index (χ4n) is 1.64. The van der Waals surface area contributed by atoms with Crippen LogP contribution in [0.25, 0.3) is 11.3 Å². The molecule has 2 aromatic rings. The number of carbonyl (C=O) groups is 1. The molecule has 1 aromatic heterocycles. The first-order chi connectivity index (χ1) is 8.49. The van der Waals surface area contributed by atoms with Crippen LogP contribution in [0.15, 0.2) is 29.1 Å². The molecule has 0 atom stereocenters. The van der Waals surface area contributed by atoms with Crippen molar-refractivity contribution < 1.29 is 14.3 Å². The van der Waals surface area contributed by atoms with E-state index in [4.69, 9.17) is 5.11 Å². The Morgan fingerprint density at radius 3 is 2.50 bits per heavy atom. The highest BCUT2D eigenvalue weighted by Gasteiger charge is 2.15. The van der Waals surface area contributed by atoms with E-state index >= 15 is 0 Å². The van der Waals surface area contributed by atoms with Gasteiger partial charge in [-0.2, -0.15) is 4.98 Å². The average Bonchev–Trinajstić information content (AvgIpc) is 2.32. The van der Waals surface area contributed by atoms with E-state index in [0.29, 0.717) is 11.1 Å². The average molecular weight is 248 g/mol. The number of nitrogens with one attached hydrogen (secondary N) is 1. The summed E-state index contributed by atoms with van der Waals surface area (Å²) in [5.74, 6) is -1.66. The summed E-state index contributed by atoms with van der Waals surface area (Å²) in [5.41, 5.74) is 0.0824. The maximum Gasteiger partial charge on any atom is 0.352 e. The summed E-state index contributed by atoms with van der Waals surface area (Å²) in [6, 6.07) is 5.32. The topological polar surface area (TPSA) is 83.0 Å². The van der Waals surface area contributed by atoms with E-state index in [9.17, 15) is 14.0 Å². The lowest BCUT2D eigenvalue weighted by Gasteiger charge is -2.06. The van der Waals surface area contributed by atoms with Crippen molar-refractivity contribution in [3.05, 3.63) is 51.8 Å². The highest BCUT2D eigenvalue weighted by Crippen LogP contribution is 2.21. The number of nitrogens with zero attached hydrogens (tertiary/aromatic N) is 1. The third kappa shape index (κ3) is 2.13. The molecular weight excluding hydrogens is 239 g/mol. The molecule has 0 radical (unpaired) electrons. The molecule has 1 heterocycles. The van der Waals surface area contributed by atoms with E-state index in [1.807, 2.05) is 0 Å². The Labute approximate surface area is 101 Å². The van der Waals surface area contributed by atoms with Gasteiger partial charge >= 0.3 is 11.7 Å². The number of carboxylic acids is 1. The molecular formula is C12H9FN2O3. The van der Waals surface area contributed by atoms with Gasteiger partial charge in [0.05, 0.1) is 5.69 Å². The van der Waals surface area contributed by atoms with Crippen LogP contribution in [0, 0.1) is 12.7 Å². The van der Waals surface area contributed by atoms with Crippen molar-refractivity contribution in [2.24, 2.45) is 0 Å². The molecule has 92 valence electrons. The molecule has 0 amide bonds. The van der Waals surface area contributed by atoms with E-state index in [0.717, 1.165) is 0 Å². The Morgan fingerprint density at radius 1 is 1.33 bits per heavy atom. The summed E-state index contributed by atoms with van der Waals surface area (Å²) in [6.07, 6.45) is 0. The van der Waals surface area contributed by atoms with Crippen molar-refractivity contribution in [1.29, 1.82) is 0 Å². The number of halogens is 1. The molecule has 2 N–H and O–H groups in total. The first-order valence-corrected chi connectivity index (χ1v) is 5.09. The van der Waals surface area contributed by atoms with Gasteiger partial charge in [-0.15, -0.1) is 0 Å². The molecule has 0 spiro atoms. The van der Waals surface area contributed by atoms with Crippen LogP contribution in [-0.4, -0.2) is 21.0 Å². The highest BCUT2D eigenvalue weighted by atomic mass is 19.1. The minimum atomic E-state index is -1.24. The van der Waals surface area contributed by atoms with Crippen LogP contribution in [-0.2, 0) is 0 Å². The lowest BCUT2D eigenvalue weighted by atomic mass is 10.1. The largest absolute Gasteiger partial charge is 0.477 e. The summed E-state index contributed by atoms with van der Waals surface area (Å²) in [7, 11) is 0. The fourth-order valence-corrected chi connectivity index (χ4v) is 1.64. The monoisotopic (exact) mass is 248 g/mol. The Balaban J connectivity index is 2.68. The third-order valence-corrected chi connectivity index (χ3v) is 2.51. The Bertz CT molecular complexity index is 662. The van der Waals surface area contributed by atoms with Crippen LogP contribution < -0.4 is 5.69 Å². The van der Waals surface area contributed by atoms with Crippen LogP contribution in [0.1, 0.15) is 16.1 Å². The molecule has 0 aliphatic carbocycles. The number of carboxylic acid groups (broad SMARTS) is 1. The van der Waals surface area contributed by atoms with E-state index in [1.54, 1.807) is 0 Å². The van der Waals surface area contributed by atoms with Crippen molar-refractivity contribution in [2.75, 3.05) is 0 Å². The van der Waals surface area contributed by atoms with Crippen LogP contribution >= 0.6 is 0 Å². The van der Waals surface area contributed by atoms with Crippen molar-refractivity contribution in [3.8, 4) is 11.3 Å². The SMILES string of the molecule is Cc1c(-c2ccc(F)cc2)nc(=O)[nH]c1C(=O)O. The number of H-pyrrole nitrogens is 1. The molecule has 18 heavy (non-hydrogen) atoms. The van der Waals surface area contributed by atoms with E-state index < -0.39 is 17.5 Å². The first kappa shape index (κ1) is 12.0. The minimum Gasteiger partial charge on any atom is -0.477 e. The molecule has 0 bridgehead atoms. The number of hydrogen-bond donors (Lipinski definition) is 2. The maximum absolute atomic E-state index is 12.8. The molecule has 2 rings (SSSR count). The van der Waals surface area contributed by atoms with Gasteiger partial charge in [-0.25, -0.2) is 14.0 Å². The van der Waals surface area contributed by atoms with Gasteiger partial charge in [0.25, 0.3) is 0 Å². The second-order valence-corrected chi connectivity index (χ2v) is 3.70. The van der Waals surface area contributed by atoms with Gasteiger partial charge in [0, 0.05) is 11.1 Å². The molecule has 0 saturated heterocycles. The van der Waals surface area contributed by atoms with Crippen molar-refractivity contribution in [1.82, 2.24) is 9.97 Å². The Kier molecular flexibility index (Phi) is 2.93. The summed E-state index contributed by atoms with van der Waals surface area (Å²) in [4.78, 5) is 28.1. The second kappa shape index (κ2) is 4.40. The predicted octanol–water partition coefficient (Wildman–Crippen LogP) is 1.58. The number of rotatable bonds is 2. The van der Waals surface area contributed by atoms with Crippen molar-refractivity contribution in [3.63, 3.8) is 0 Å². The van der Waals surface area contributed by atoms with E-state index in [-0.39, 0.29) is 11.4 Å². The minimum absolute atomic E-state index is 0.214. The number of benzene rings is 1. The second-order valence-electron chi connectivity index (χ2n) is 3.70. The third-order valence-electron chi connectivity index (χ3n) is 2.51. The van der Waals surface area contributed by atoms with Crippen LogP contribution in [0.2, 0.25) is 0 Å². The normalized spacial score (nSPS) is 10.3. The van der Waals surface area contributed by atoms with Gasteiger partial charge in [0.1, 0.15) is 11.5 Å². The lowest BCUT2D eigenvalue weighted by Crippen LogP contribution is -2.19. The van der Waals surface area contributed by atoms with Gasteiger partial charge in [-0.3, -0.25) is 4.98 Å². The van der Waals surface area contributed by atoms with Crippen LogP contribution in [0.3, 0.4) is 0 Å². The standard InChI is InChI=1S/C12H9FN2O3/c1-6-9(7-2-4-8(13)5-3-7)14-12(18)15-10(6)11(16)17/h2-5H,1H3,(H,16,17)(H,14,15,18). The number of aromatic carboxylic acids is 1. The van der Waals surface area contributed by atoms with Crippen molar-refractivity contribution >= 4 is 5.97 Å². The zero-order valence-corrected chi connectivity index (χ0v) is 9.40. The molecule has 5 nitrogen and oxygen atoms in total. The van der Waals surface area contributed by atoms with Gasteiger partial charge < -0.3 is 5.11 Å². The molecule has 0 saturated carbocycles. The van der Waals surface area contributed by atoms with Gasteiger partial charge in [0.15, 0.2) is 0 Å². The van der Waals surface area contributed by atoms with E-state index in [2.05, 4.69) is 9.97 Å². The predicted molar refractivity (Wildman–Crippen MR) is 61.9 cm³/mol. The number of hydrogen-bond acceptors (Lipinski definition) is 3. The molecule has 1 aromatic carbocycles. The highest BCUT2D eigenvalue weighted by molar-refractivity contribution is 5.89. The summed E-state index contributed by atoms with van der Waals surface area (Å²) >= 11 is 0. The Morgan fingerprint density at radius 2 is 1.94 bits per heavy atom. The van der Waals surface area contributed by atoms with Gasteiger partial charge in [0.2, 0.25) is 0 Å². The lowest BCUT2D eigenvalue weighted by molar-refractivity contribution is 0.0689. The summed E-state index contributed by atoms with van der Waals surface area (Å²) in [6.45, 7) is 1.53. The fraction of sp³-hybridized carbons (Fsp3) is 0.0833. The maximum atomic E-state index is 12.8. The van der Waals surface area contributed by atoms with Crippen LogP contribution in [0.5, 0.6) is 0 Å². The molecule has 0 unspecified atom stereocenters. The van der Waals surface area contributed by atoms with E-state index in [1.165, 1.54) is 31.2 Å². The van der Waals surface area contributed by atoms with Crippen molar-refractivity contribution in [2.45, 2.75) is 6.92 Å². The summed E-state index contributed by atoms with van der Waals surface area (Å²) in [5, 5.41) is 8.95. The molecule has 6 heteroatoms. The first-order valence-electron chi connectivity index (χ1n) is 5.09. The number of aromatic amines is 1. The zero-order valence-electron chi connectivity index (χ0n) is 9.40. The quantitative estimate of drug-likeness (QED) is 0.845. The number of aromatic nitrogens is 2.